The molecule has 0 N–H and O–H groups in total. The second-order valence-corrected chi connectivity index (χ2v) is 20.8. The zero-order valence-electron chi connectivity index (χ0n) is 38.3. The minimum Gasteiger partial charge on any atom is -0.208 e. The molecule has 0 radical (unpaired) electrons. The van der Waals surface area contributed by atoms with E-state index in [1.807, 2.05) is 47.7 Å². The largest absolute Gasteiger partial charge is 0.208 e. The van der Waals surface area contributed by atoms with Crippen molar-refractivity contribution in [3.05, 3.63) is 209 Å². The molecule has 3 nitrogen and oxygen atoms in total. The first kappa shape index (κ1) is 40.0. The van der Waals surface area contributed by atoms with E-state index in [1.54, 1.807) is 11.1 Å². The topological polar surface area (TPSA) is 38.7 Å². The molecule has 0 aliphatic heterocycles. The number of benzene rings is 7. The van der Waals surface area contributed by atoms with Crippen molar-refractivity contribution in [1.29, 1.82) is 0 Å². The molecule has 4 heteroatoms. The highest BCUT2D eigenvalue weighted by molar-refractivity contribution is 7.26. The molecule has 0 unspecified atom stereocenters. The first-order chi connectivity index (χ1) is 32.7. The van der Waals surface area contributed by atoms with E-state index in [1.165, 1.54) is 81.4 Å². The maximum Gasteiger partial charge on any atom is 0.164 e. The van der Waals surface area contributed by atoms with Crippen molar-refractivity contribution in [3.8, 4) is 67.5 Å². The molecule has 322 valence electrons. The van der Waals surface area contributed by atoms with E-state index in [9.17, 15) is 0 Å². The molecule has 7 aromatic carbocycles. The molecular weight excluding hydrogens is 831 g/mol. The first-order valence-electron chi connectivity index (χ1n) is 23.8. The van der Waals surface area contributed by atoms with Gasteiger partial charge >= 0.3 is 0 Å². The smallest absolute Gasteiger partial charge is 0.164 e. The van der Waals surface area contributed by atoms with Crippen LogP contribution in [-0.2, 0) is 10.8 Å². The minimum atomic E-state index is -0.0190. The van der Waals surface area contributed by atoms with Crippen LogP contribution in [0.3, 0.4) is 0 Å². The Labute approximate surface area is 396 Å². The summed E-state index contributed by atoms with van der Waals surface area (Å²) < 4.78 is 2.60. The summed E-state index contributed by atoms with van der Waals surface area (Å²) in [5, 5.41) is 2.57. The molecule has 0 saturated carbocycles. The summed E-state index contributed by atoms with van der Waals surface area (Å²) in [5.74, 6) is 1.97. The Balaban J connectivity index is 0.987. The molecule has 0 spiro atoms. The predicted molar refractivity (Wildman–Crippen MR) is 282 cm³/mol. The van der Waals surface area contributed by atoms with E-state index in [0.717, 1.165) is 47.9 Å². The Morgan fingerprint density at radius 3 is 1.52 bits per heavy atom. The van der Waals surface area contributed by atoms with Crippen molar-refractivity contribution in [2.75, 3.05) is 0 Å². The van der Waals surface area contributed by atoms with Gasteiger partial charge in [0.05, 0.1) is 0 Å². The number of aromatic nitrogens is 3. The predicted octanol–water partition coefficient (Wildman–Crippen LogP) is 17.0. The summed E-state index contributed by atoms with van der Waals surface area (Å²) in [6.45, 7) is 9.71. The van der Waals surface area contributed by atoms with Crippen molar-refractivity contribution in [2.24, 2.45) is 0 Å². The number of hydrogen-bond acceptors (Lipinski definition) is 4. The molecule has 4 aliphatic rings. The molecule has 2 aromatic heterocycles. The number of nitrogens with zero attached hydrogens (tertiary/aromatic N) is 3. The fourth-order valence-electron chi connectivity index (χ4n) is 11.7. The monoisotopic (exact) mass is 879 g/mol. The fourth-order valence-corrected chi connectivity index (χ4v) is 13.0. The van der Waals surface area contributed by atoms with Gasteiger partial charge in [-0.1, -0.05) is 184 Å². The van der Waals surface area contributed by atoms with Gasteiger partial charge in [0, 0.05) is 53.3 Å². The highest BCUT2D eigenvalue weighted by Crippen LogP contribution is 2.54. The van der Waals surface area contributed by atoms with Gasteiger partial charge in [-0.15, -0.1) is 11.3 Å². The Morgan fingerprint density at radius 2 is 0.896 bits per heavy atom. The Kier molecular flexibility index (Phi) is 9.04. The van der Waals surface area contributed by atoms with Crippen LogP contribution in [0, 0.1) is 0 Å². The van der Waals surface area contributed by atoms with Crippen LogP contribution in [0.25, 0.3) is 98.9 Å². The van der Waals surface area contributed by atoms with E-state index in [0.29, 0.717) is 17.5 Å². The van der Waals surface area contributed by atoms with Crippen LogP contribution in [0.15, 0.2) is 187 Å². The molecule has 0 bridgehead atoms. The van der Waals surface area contributed by atoms with Gasteiger partial charge in [-0.05, 0) is 117 Å². The quantitative estimate of drug-likeness (QED) is 0.167. The molecular formula is C63H49N3S. The second-order valence-electron chi connectivity index (χ2n) is 19.7. The van der Waals surface area contributed by atoms with Crippen molar-refractivity contribution < 1.29 is 0 Å². The standard InChI is InChI=1S/C63H49N3S/c1-62(2)53-27-13-11-23-46(53)48-31-29-40(36-55(48)62)44-34-51(42-30-32-49-47-24-12-14-28-54(47)63(3,4)56(49)37-42)58-52(35-44)50-26-16-25-45(57(50)67-58)41-21-15-22-43(33-41)61-65-59(38-17-7-5-8-18-38)64-60(66-61)39-19-9-6-10-20-39/h5-12,15-26,29-37H,13-14,27-28H2,1-4H3. The fraction of sp³-hybridized carbons (Fsp3) is 0.159. The molecule has 67 heavy (non-hydrogen) atoms. The zero-order chi connectivity index (χ0) is 45.0. The van der Waals surface area contributed by atoms with Crippen LogP contribution in [0.1, 0.15) is 75.6 Å². The molecule has 0 amide bonds. The maximum absolute atomic E-state index is 5.09. The first-order valence-corrected chi connectivity index (χ1v) is 24.6. The van der Waals surface area contributed by atoms with Gasteiger partial charge in [0.1, 0.15) is 0 Å². The third kappa shape index (κ3) is 6.34. The van der Waals surface area contributed by atoms with Crippen LogP contribution in [0.5, 0.6) is 0 Å². The summed E-state index contributed by atoms with van der Waals surface area (Å²) in [5.41, 5.74) is 22.0. The minimum absolute atomic E-state index is 0.00343. The lowest BCUT2D eigenvalue weighted by Gasteiger charge is -2.26. The van der Waals surface area contributed by atoms with Gasteiger partial charge in [-0.3, -0.25) is 0 Å². The Hall–Kier alpha value is -7.27. The summed E-state index contributed by atoms with van der Waals surface area (Å²) in [4.78, 5) is 15.1. The van der Waals surface area contributed by atoms with Crippen LogP contribution < -0.4 is 0 Å². The van der Waals surface area contributed by atoms with Crippen molar-refractivity contribution >= 4 is 42.7 Å². The van der Waals surface area contributed by atoms with Gasteiger partial charge in [-0.25, -0.2) is 15.0 Å². The lowest BCUT2D eigenvalue weighted by molar-refractivity contribution is 0.607. The Morgan fingerprint density at radius 1 is 0.388 bits per heavy atom. The van der Waals surface area contributed by atoms with Gasteiger partial charge in [0.15, 0.2) is 17.5 Å². The lowest BCUT2D eigenvalue weighted by Crippen LogP contribution is -2.17. The van der Waals surface area contributed by atoms with E-state index in [-0.39, 0.29) is 10.8 Å². The SMILES string of the molecule is CC1(C)C2=C(C=CCC2)c2ccc(-c3cc(-c4ccc5c(c4)C(C)(C)C4=C5C=CCC4)c4sc5c(-c6cccc(-c7nc(-c8ccccc8)nc(-c8ccccc8)n7)c6)cccc5c4c3)cc21. The van der Waals surface area contributed by atoms with Gasteiger partial charge in [0.25, 0.3) is 0 Å². The molecule has 4 aliphatic carbocycles. The van der Waals surface area contributed by atoms with Crippen molar-refractivity contribution in [2.45, 2.75) is 64.2 Å². The molecule has 2 heterocycles. The second kappa shape index (κ2) is 15.1. The van der Waals surface area contributed by atoms with Gasteiger partial charge in [0.2, 0.25) is 0 Å². The van der Waals surface area contributed by atoms with Crippen LogP contribution in [-0.4, -0.2) is 15.0 Å². The number of rotatable bonds is 6. The molecule has 0 saturated heterocycles. The van der Waals surface area contributed by atoms with Gasteiger partial charge < -0.3 is 0 Å². The molecule has 9 aromatic rings. The zero-order valence-corrected chi connectivity index (χ0v) is 39.1. The third-order valence-electron chi connectivity index (χ3n) is 15.2. The maximum atomic E-state index is 5.09. The van der Waals surface area contributed by atoms with E-state index >= 15 is 0 Å². The Bertz CT molecular complexity index is 3610. The van der Waals surface area contributed by atoms with Crippen LogP contribution in [0.4, 0.5) is 0 Å². The normalized spacial score (nSPS) is 16.4. The number of thiophene rings is 1. The highest BCUT2D eigenvalue weighted by Gasteiger charge is 2.39. The number of allylic oxidation sites excluding steroid dienone is 8. The van der Waals surface area contributed by atoms with E-state index < -0.39 is 0 Å². The average molecular weight is 880 g/mol. The van der Waals surface area contributed by atoms with Gasteiger partial charge in [-0.2, -0.15) is 0 Å². The molecule has 0 atom stereocenters. The molecule has 13 rings (SSSR count). The average Bonchev–Trinajstić information content (AvgIpc) is 3.96. The summed E-state index contributed by atoms with van der Waals surface area (Å²) in [7, 11) is 0. The van der Waals surface area contributed by atoms with Crippen LogP contribution >= 0.6 is 11.3 Å². The van der Waals surface area contributed by atoms with E-state index in [4.69, 9.17) is 15.0 Å². The number of hydrogen-bond donors (Lipinski definition) is 0. The number of fused-ring (bicyclic) bond motifs is 7. The van der Waals surface area contributed by atoms with Crippen molar-refractivity contribution in [1.82, 2.24) is 15.0 Å². The summed E-state index contributed by atoms with van der Waals surface area (Å²) >= 11 is 1.92. The van der Waals surface area contributed by atoms with E-state index in [2.05, 4.69) is 167 Å². The highest BCUT2D eigenvalue weighted by atomic mass is 32.1. The third-order valence-corrected chi connectivity index (χ3v) is 16.5. The van der Waals surface area contributed by atoms with Crippen LogP contribution in [0.2, 0.25) is 0 Å². The van der Waals surface area contributed by atoms with Crippen molar-refractivity contribution in [3.63, 3.8) is 0 Å². The summed E-state index contributed by atoms with van der Waals surface area (Å²) in [6, 6.07) is 55.5. The lowest BCUT2D eigenvalue weighted by atomic mass is 9.78. The molecule has 0 fully saturated rings. The summed E-state index contributed by atoms with van der Waals surface area (Å²) in [6.07, 6.45) is 13.9.